The SMILES string of the molecule is Cc1nn(-c2ccccc2)c(Cl)c1/C=C/C(=O)OCC(=O)NCCC#N. The lowest BCUT2D eigenvalue weighted by Gasteiger charge is -2.03. The van der Waals surface area contributed by atoms with Crippen molar-refractivity contribution in [2.75, 3.05) is 13.2 Å². The van der Waals surface area contributed by atoms with Crippen LogP contribution in [-0.4, -0.2) is 34.8 Å². The standard InChI is InChI=1S/C18H17ClN4O3/c1-13-15(18(19)23(22-13)14-6-3-2-4-7-14)8-9-17(25)26-12-16(24)21-11-5-10-20/h2-4,6-9H,5,11-12H2,1H3,(H,21,24)/b9-8+. The Labute approximate surface area is 155 Å². The molecule has 0 saturated carbocycles. The van der Waals surface area contributed by atoms with E-state index in [4.69, 9.17) is 21.6 Å². The smallest absolute Gasteiger partial charge is 0.331 e. The van der Waals surface area contributed by atoms with Crippen LogP contribution in [0.25, 0.3) is 11.8 Å². The summed E-state index contributed by atoms with van der Waals surface area (Å²) in [6, 6.07) is 11.3. The number of amides is 1. The summed E-state index contributed by atoms with van der Waals surface area (Å²) in [4.78, 5) is 23.1. The Bertz CT molecular complexity index is 853. The molecular weight excluding hydrogens is 356 g/mol. The molecule has 1 amide bonds. The highest BCUT2D eigenvalue weighted by molar-refractivity contribution is 6.31. The van der Waals surface area contributed by atoms with Crippen LogP contribution < -0.4 is 5.32 Å². The maximum Gasteiger partial charge on any atom is 0.331 e. The van der Waals surface area contributed by atoms with Crippen molar-refractivity contribution in [3.8, 4) is 11.8 Å². The number of para-hydroxylation sites is 1. The molecular formula is C18H17ClN4O3. The Balaban J connectivity index is 1.98. The average molecular weight is 373 g/mol. The topological polar surface area (TPSA) is 97.0 Å². The first-order valence-electron chi connectivity index (χ1n) is 7.82. The average Bonchev–Trinajstić information content (AvgIpc) is 2.93. The first kappa shape index (κ1) is 19.2. The van der Waals surface area contributed by atoms with Crippen LogP contribution in [0.5, 0.6) is 0 Å². The van der Waals surface area contributed by atoms with Crippen LogP contribution in [0.15, 0.2) is 36.4 Å². The van der Waals surface area contributed by atoms with Crippen LogP contribution in [0.4, 0.5) is 0 Å². The number of halogens is 1. The van der Waals surface area contributed by atoms with Gasteiger partial charge in [0, 0.05) is 18.2 Å². The zero-order chi connectivity index (χ0) is 18.9. The van der Waals surface area contributed by atoms with Crippen molar-refractivity contribution in [1.29, 1.82) is 5.26 Å². The van der Waals surface area contributed by atoms with Crippen LogP contribution in [0.1, 0.15) is 17.7 Å². The first-order valence-corrected chi connectivity index (χ1v) is 8.19. The number of hydrogen-bond donors (Lipinski definition) is 1. The highest BCUT2D eigenvalue weighted by atomic mass is 35.5. The fraction of sp³-hybridized carbons (Fsp3) is 0.222. The molecule has 2 rings (SSSR count). The normalized spacial score (nSPS) is 10.5. The van der Waals surface area contributed by atoms with Crippen LogP contribution in [0.2, 0.25) is 5.15 Å². The van der Waals surface area contributed by atoms with Crippen molar-refractivity contribution in [2.24, 2.45) is 0 Å². The van der Waals surface area contributed by atoms with Crippen molar-refractivity contribution in [3.05, 3.63) is 52.8 Å². The van der Waals surface area contributed by atoms with E-state index in [1.807, 2.05) is 36.4 Å². The molecule has 0 fully saturated rings. The van der Waals surface area contributed by atoms with E-state index in [1.54, 1.807) is 11.6 Å². The minimum Gasteiger partial charge on any atom is -0.452 e. The van der Waals surface area contributed by atoms with Gasteiger partial charge in [-0.2, -0.15) is 10.4 Å². The number of rotatable bonds is 7. The van der Waals surface area contributed by atoms with Gasteiger partial charge in [0.25, 0.3) is 5.91 Å². The lowest BCUT2D eigenvalue weighted by Crippen LogP contribution is -2.29. The second-order valence-corrected chi connectivity index (χ2v) is 5.59. The first-order chi connectivity index (χ1) is 12.5. The predicted molar refractivity (Wildman–Crippen MR) is 96.5 cm³/mol. The van der Waals surface area contributed by atoms with Gasteiger partial charge >= 0.3 is 5.97 Å². The van der Waals surface area contributed by atoms with Gasteiger partial charge in [-0.25, -0.2) is 9.48 Å². The Hall–Kier alpha value is -3.11. The summed E-state index contributed by atoms with van der Waals surface area (Å²) < 4.78 is 6.41. The molecule has 0 bridgehead atoms. The molecule has 8 heteroatoms. The Morgan fingerprint density at radius 3 is 2.81 bits per heavy atom. The molecule has 0 aliphatic carbocycles. The zero-order valence-electron chi connectivity index (χ0n) is 14.1. The van der Waals surface area contributed by atoms with E-state index < -0.39 is 18.5 Å². The molecule has 1 heterocycles. The van der Waals surface area contributed by atoms with Crippen LogP contribution >= 0.6 is 11.6 Å². The number of ether oxygens (including phenoxy) is 1. The van der Waals surface area contributed by atoms with Crippen LogP contribution in [0.3, 0.4) is 0 Å². The number of nitrogens with one attached hydrogen (secondary N) is 1. The van der Waals surface area contributed by atoms with E-state index in [-0.39, 0.29) is 13.0 Å². The molecule has 0 atom stereocenters. The van der Waals surface area contributed by atoms with Gasteiger partial charge in [0.15, 0.2) is 6.61 Å². The number of nitrogens with zero attached hydrogens (tertiary/aromatic N) is 3. The lowest BCUT2D eigenvalue weighted by atomic mass is 10.2. The van der Waals surface area contributed by atoms with Crippen molar-refractivity contribution in [1.82, 2.24) is 15.1 Å². The largest absolute Gasteiger partial charge is 0.452 e. The van der Waals surface area contributed by atoms with E-state index in [2.05, 4.69) is 10.4 Å². The van der Waals surface area contributed by atoms with Crippen molar-refractivity contribution in [3.63, 3.8) is 0 Å². The van der Waals surface area contributed by atoms with Gasteiger partial charge in [-0.05, 0) is 25.1 Å². The molecule has 0 aliphatic rings. The molecule has 0 aliphatic heterocycles. The third-order valence-corrected chi connectivity index (χ3v) is 3.70. The van der Waals surface area contributed by atoms with Crippen LogP contribution in [0, 0.1) is 18.3 Å². The molecule has 1 N–H and O–H groups in total. The van der Waals surface area contributed by atoms with Gasteiger partial charge in [-0.15, -0.1) is 0 Å². The second-order valence-electron chi connectivity index (χ2n) is 5.24. The molecule has 134 valence electrons. The number of benzene rings is 1. The van der Waals surface area contributed by atoms with E-state index in [0.717, 1.165) is 5.69 Å². The molecule has 2 aromatic rings. The summed E-state index contributed by atoms with van der Waals surface area (Å²) in [5.74, 6) is -1.14. The maximum atomic E-state index is 11.7. The molecule has 7 nitrogen and oxygen atoms in total. The number of aromatic nitrogens is 2. The number of nitriles is 1. The fourth-order valence-corrected chi connectivity index (χ4v) is 2.42. The third-order valence-electron chi connectivity index (χ3n) is 3.34. The number of aryl methyl sites for hydroxylation is 1. The molecule has 0 spiro atoms. The second kappa shape index (κ2) is 9.39. The van der Waals surface area contributed by atoms with Crippen molar-refractivity contribution in [2.45, 2.75) is 13.3 Å². The van der Waals surface area contributed by atoms with Gasteiger partial charge in [0.1, 0.15) is 5.15 Å². The van der Waals surface area contributed by atoms with Gasteiger partial charge in [0.05, 0.1) is 23.9 Å². The van der Waals surface area contributed by atoms with E-state index >= 15 is 0 Å². The van der Waals surface area contributed by atoms with Gasteiger partial charge < -0.3 is 10.1 Å². The predicted octanol–water partition coefficient (Wildman–Crippen LogP) is 2.42. The summed E-state index contributed by atoms with van der Waals surface area (Å²) >= 11 is 6.35. The minimum atomic E-state index is -0.677. The Morgan fingerprint density at radius 1 is 1.38 bits per heavy atom. The molecule has 1 aromatic carbocycles. The van der Waals surface area contributed by atoms with Crippen molar-refractivity contribution >= 4 is 29.6 Å². The zero-order valence-corrected chi connectivity index (χ0v) is 14.9. The van der Waals surface area contributed by atoms with Crippen molar-refractivity contribution < 1.29 is 14.3 Å². The van der Waals surface area contributed by atoms with E-state index in [1.165, 1.54) is 12.2 Å². The lowest BCUT2D eigenvalue weighted by molar-refractivity contribution is -0.143. The Morgan fingerprint density at radius 2 is 2.12 bits per heavy atom. The number of carbonyl (C=O) groups excluding carboxylic acids is 2. The monoisotopic (exact) mass is 372 g/mol. The number of carbonyl (C=O) groups is 2. The number of hydrogen-bond acceptors (Lipinski definition) is 5. The highest BCUT2D eigenvalue weighted by Crippen LogP contribution is 2.24. The highest BCUT2D eigenvalue weighted by Gasteiger charge is 2.13. The van der Waals surface area contributed by atoms with Crippen LogP contribution in [-0.2, 0) is 14.3 Å². The fourth-order valence-electron chi connectivity index (χ4n) is 2.09. The third kappa shape index (κ3) is 5.19. The molecule has 0 saturated heterocycles. The van der Waals surface area contributed by atoms with Gasteiger partial charge in [0.2, 0.25) is 0 Å². The maximum absolute atomic E-state index is 11.7. The Kier molecular flexibility index (Phi) is 6.94. The van der Waals surface area contributed by atoms with Gasteiger partial charge in [-0.1, -0.05) is 29.8 Å². The quantitative estimate of drug-likeness (QED) is 0.457. The molecule has 0 unspecified atom stereocenters. The van der Waals surface area contributed by atoms with E-state index in [0.29, 0.717) is 16.4 Å². The summed E-state index contributed by atoms with van der Waals surface area (Å²) in [5, 5.41) is 15.6. The molecule has 26 heavy (non-hydrogen) atoms. The number of esters is 1. The van der Waals surface area contributed by atoms with E-state index in [9.17, 15) is 9.59 Å². The minimum absolute atomic E-state index is 0.197. The molecule has 1 aromatic heterocycles. The summed E-state index contributed by atoms with van der Waals surface area (Å²) in [6.45, 7) is 1.58. The summed E-state index contributed by atoms with van der Waals surface area (Å²) in [7, 11) is 0. The molecule has 0 radical (unpaired) electrons. The summed E-state index contributed by atoms with van der Waals surface area (Å²) in [5.41, 5.74) is 2.04. The van der Waals surface area contributed by atoms with Gasteiger partial charge in [-0.3, -0.25) is 4.79 Å². The summed E-state index contributed by atoms with van der Waals surface area (Å²) in [6.07, 6.45) is 2.89.